The average Bonchev–Trinajstić information content (AvgIpc) is 3.32. The van der Waals surface area contributed by atoms with E-state index in [0.717, 1.165) is 29.5 Å². The summed E-state index contributed by atoms with van der Waals surface area (Å²) in [5.74, 6) is -1.27. The summed E-state index contributed by atoms with van der Waals surface area (Å²) in [7, 11) is 0. The number of aromatic nitrogens is 1. The molecule has 0 atom stereocenters. The Morgan fingerprint density at radius 3 is 2.26 bits per heavy atom. The van der Waals surface area contributed by atoms with Gasteiger partial charge in [0.25, 0.3) is 0 Å². The molecule has 0 spiro atoms. The van der Waals surface area contributed by atoms with E-state index < -0.39 is 11.9 Å². The molecule has 7 nitrogen and oxygen atoms in total. The lowest BCUT2D eigenvalue weighted by Crippen LogP contribution is -2.01. The van der Waals surface area contributed by atoms with Gasteiger partial charge in [0.15, 0.2) is 5.75 Å². The van der Waals surface area contributed by atoms with E-state index in [2.05, 4.69) is 31.2 Å². The van der Waals surface area contributed by atoms with E-state index in [1.807, 2.05) is 59.2 Å². The molecule has 3 aromatic rings. The third kappa shape index (κ3) is 7.11. The number of aliphatic carboxylic acids is 1. The van der Waals surface area contributed by atoms with Crippen LogP contribution in [-0.4, -0.2) is 33.3 Å². The van der Waals surface area contributed by atoms with Crippen molar-refractivity contribution in [3.63, 3.8) is 0 Å². The Bertz CT molecular complexity index is 1420. The maximum absolute atomic E-state index is 11.8. The average molecular weight is 514 g/mol. The number of carbonyl (C=O) groups is 2. The summed E-state index contributed by atoms with van der Waals surface area (Å²) in [6.45, 7) is 3.06. The summed E-state index contributed by atoms with van der Waals surface area (Å²) in [5, 5.41) is 19.2. The second kappa shape index (κ2) is 12.7. The number of unbranched alkanes of at least 4 members (excludes halogenated alkanes) is 1. The normalized spacial score (nSPS) is 11.3. The molecule has 0 bridgehead atoms. The first kappa shape index (κ1) is 26.7. The van der Waals surface area contributed by atoms with Crippen LogP contribution in [0.4, 0.5) is 0 Å². The van der Waals surface area contributed by atoms with Crippen molar-refractivity contribution in [3.8, 4) is 16.9 Å². The molecule has 2 aromatic carbocycles. The molecule has 2 N–H and O–H groups in total. The van der Waals surface area contributed by atoms with Gasteiger partial charge < -0.3 is 19.7 Å². The molecular formula is C31H31NO6. The van der Waals surface area contributed by atoms with Crippen LogP contribution < -0.4 is 4.89 Å². The number of aryl methyl sites for hydroxylation is 1. The molecule has 0 radical (unpaired) electrons. The summed E-state index contributed by atoms with van der Waals surface area (Å²) >= 11 is 0. The Hall–Kier alpha value is -4.36. The predicted octanol–water partition coefficient (Wildman–Crippen LogP) is 7.15. The van der Waals surface area contributed by atoms with Gasteiger partial charge in [-0.05, 0) is 59.4 Å². The van der Waals surface area contributed by atoms with Crippen LogP contribution in [-0.2, 0) is 16.2 Å². The summed E-state index contributed by atoms with van der Waals surface area (Å²) in [4.78, 5) is 33.1. The van der Waals surface area contributed by atoms with Crippen LogP contribution in [0, 0.1) is 0 Å². The highest BCUT2D eigenvalue weighted by Gasteiger charge is 2.16. The molecule has 2 aliphatic carbocycles. The van der Waals surface area contributed by atoms with Gasteiger partial charge in [-0.15, -0.1) is 0 Å². The van der Waals surface area contributed by atoms with Gasteiger partial charge in [-0.3, -0.25) is 4.79 Å². The summed E-state index contributed by atoms with van der Waals surface area (Å²) in [5.41, 5.74) is 5.53. The van der Waals surface area contributed by atoms with E-state index in [4.69, 9.17) is 14.9 Å². The fourth-order valence-corrected chi connectivity index (χ4v) is 4.08. The smallest absolute Gasteiger partial charge is 0.337 e. The zero-order valence-electron chi connectivity index (χ0n) is 21.3. The van der Waals surface area contributed by atoms with Crippen molar-refractivity contribution in [1.82, 2.24) is 4.57 Å². The van der Waals surface area contributed by atoms with Gasteiger partial charge in [0.2, 0.25) is 0 Å². The molecule has 2 aliphatic rings. The molecule has 7 heteroatoms. The number of aromatic carboxylic acids is 1. The Kier molecular flexibility index (Phi) is 8.95. The summed E-state index contributed by atoms with van der Waals surface area (Å²) in [6, 6.07) is 21.5. The molecule has 0 saturated heterocycles. The first-order valence-corrected chi connectivity index (χ1v) is 12.7. The Balaban J connectivity index is 0.000000483. The van der Waals surface area contributed by atoms with Gasteiger partial charge in [-0.2, -0.15) is 4.89 Å². The third-order valence-electron chi connectivity index (χ3n) is 6.14. The molecule has 0 saturated carbocycles. The maximum atomic E-state index is 11.8. The van der Waals surface area contributed by atoms with Gasteiger partial charge in [0, 0.05) is 30.1 Å². The first-order chi connectivity index (χ1) is 18.5. The van der Waals surface area contributed by atoms with E-state index in [1.165, 1.54) is 11.1 Å². The van der Waals surface area contributed by atoms with Crippen molar-refractivity contribution in [3.05, 3.63) is 89.6 Å². The van der Waals surface area contributed by atoms with Crippen molar-refractivity contribution >= 4 is 35.0 Å². The van der Waals surface area contributed by atoms with Crippen LogP contribution in [0.2, 0.25) is 0 Å². The number of carboxylic acid groups (broad SMARTS) is 2. The molecule has 1 aromatic heterocycles. The highest BCUT2D eigenvalue weighted by Crippen LogP contribution is 2.32. The van der Waals surface area contributed by atoms with Crippen LogP contribution in [0.15, 0.2) is 72.9 Å². The Labute approximate surface area is 221 Å². The number of hydrogen-bond acceptors (Lipinski definition) is 4. The summed E-state index contributed by atoms with van der Waals surface area (Å²) < 4.78 is 1.81. The van der Waals surface area contributed by atoms with Crippen molar-refractivity contribution in [2.75, 3.05) is 6.61 Å². The third-order valence-corrected chi connectivity index (χ3v) is 6.14. The van der Waals surface area contributed by atoms with Gasteiger partial charge >= 0.3 is 11.9 Å². The second-order valence-corrected chi connectivity index (χ2v) is 9.02. The molecule has 38 heavy (non-hydrogen) atoms. The minimum Gasteiger partial charge on any atom is -0.481 e. The molecule has 196 valence electrons. The molecule has 0 unspecified atom stereocenters. The highest BCUT2D eigenvalue weighted by molar-refractivity contribution is 6.07. The number of fused-ring (bicyclic) bond motifs is 2. The lowest BCUT2D eigenvalue weighted by Gasteiger charge is -2.05. The topological polar surface area (TPSA) is 98.0 Å². The zero-order valence-corrected chi connectivity index (χ0v) is 21.3. The predicted molar refractivity (Wildman–Crippen MR) is 148 cm³/mol. The molecule has 0 amide bonds. The van der Waals surface area contributed by atoms with Gasteiger partial charge in [0.1, 0.15) is 0 Å². The van der Waals surface area contributed by atoms with Gasteiger partial charge in [-0.25, -0.2) is 4.79 Å². The number of rotatable bonds is 12. The van der Waals surface area contributed by atoms with Crippen LogP contribution in [0.5, 0.6) is 5.75 Å². The summed E-state index contributed by atoms with van der Waals surface area (Å²) in [6.07, 6.45) is 7.80. The number of benzene rings is 3. The molecule has 0 fully saturated rings. The van der Waals surface area contributed by atoms with Gasteiger partial charge in [0.05, 0.1) is 12.2 Å². The Morgan fingerprint density at radius 1 is 0.921 bits per heavy atom. The molecule has 1 heterocycles. The first-order valence-electron chi connectivity index (χ1n) is 12.7. The lowest BCUT2D eigenvalue weighted by atomic mass is 10.0. The molecule has 0 aliphatic heterocycles. The fourth-order valence-electron chi connectivity index (χ4n) is 4.08. The van der Waals surface area contributed by atoms with E-state index in [1.54, 1.807) is 6.20 Å². The van der Waals surface area contributed by atoms with Crippen LogP contribution in [0.3, 0.4) is 0 Å². The van der Waals surface area contributed by atoms with Crippen molar-refractivity contribution < 1.29 is 29.6 Å². The van der Waals surface area contributed by atoms with Crippen LogP contribution in [0.25, 0.3) is 34.2 Å². The molecular weight excluding hydrogens is 482 g/mol. The SMILES string of the molecule is CCCCOOc1ccc(C=Cc2cccc3c2c(C(=O)O)cn3CCCC(=O)O)cc1.c1cc2cc-2c1. The monoisotopic (exact) mass is 513 g/mol. The minimum atomic E-state index is -1.02. The van der Waals surface area contributed by atoms with Crippen molar-refractivity contribution in [1.29, 1.82) is 0 Å². The lowest BCUT2D eigenvalue weighted by molar-refractivity contribution is -0.207. The van der Waals surface area contributed by atoms with E-state index in [0.29, 0.717) is 30.7 Å². The fraction of sp³-hybridized carbons (Fsp3) is 0.226. The van der Waals surface area contributed by atoms with Crippen LogP contribution in [0.1, 0.15) is 54.1 Å². The van der Waals surface area contributed by atoms with E-state index in [-0.39, 0.29) is 12.0 Å². The van der Waals surface area contributed by atoms with Crippen molar-refractivity contribution in [2.24, 2.45) is 0 Å². The number of hydrogen-bond donors (Lipinski definition) is 2. The second-order valence-electron chi connectivity index (χ2n) is 9.02. The van der Waals surface area contributed by atoms with E-state index >= 15 is 0 Å². The minimum absolute atomic E-state index is 0.0328. The number of carboxylic acids is 2. The zero-order chi connectivity index (χ0) is 26.9. The van der Waals surface area contributed by atoms with Gasteiger partial charge in [-0.1, -0.05) is 68.0 Å². The largest absolute Gasteiger partial charge is 0.481 e. The maximum Gasteiger partial charge on any atom is 0.337 e. The Morgan fingerprint density at radius 2 is 1.66 bits per heavy atom. The molecule has 5 rings (SSSR count). The standard InChI is InChI=1S/C25H27NO6.C6H4/c1-2-3-16-31-32-20-13-10-18(11-14-20)9-12-19-6-4-7-22-24(19)21(25(29)30)17-26(22)15-5-8-23(27)28;1-2-5-4-6(5)3-1/h4,6-7,9-14,17H,2-3,5,8,15-16H2,1H3,(H,27,28)(H,29,30);1-4H. The van der Waals surface area contributed by atoms with Crippen LogP contribution >= 0.6 is 0 Å². The number of nitrogens with zero attached hydrogens (tertiary/aromatic N) is 1. The van der Waals surface area contributed by atoms with Crippen molar-refractivity contribution in [2.45, 2.75) is 39.2 Å². The van der Waals surface area contributed by atoms with E-state index in [9.17, 15) is 14.7 Å². The highest BCUT2D eigenvalue weighted by atomic mass is 17.2. The quantitative estimate of drug-likeness (QED) is 0.0795.